The number of rotatable bonds is 5. The summed E-state index contributed by atoms with van der Waals surface area (Å²) in [5.41, 5.74) is 6.51. The Hall–Kier alpha value is -3.46. The van der Waals surface area contributed by atoms with Crippen LogP contribution in [-0.2, 0) is 6.54 Å². The number of primary amides is 1. The molecule has 0 aliphatic carbocycles. The number of hydrogen-bond donors (Lipinski definition) is 1. The minimum absolute atomic E-state index is 0.185. The van der Waals surface area contributed by atoms with Crippen LogP contribution in [0.25, 0.3) is 22.4 Å². The van der Waals surface area contributed by atoms with Crippen molar-refractivity contribution in [2.24, 2.45) is 5.73 Å². The molecule has 0 unspecified atom stereocenters. The second-order valence-corrected chi connectivity index (χ2v) is 6.53. The van der Waals surface area contributed by atoms with Crippen LogP contribution >= 0.6 is 11.3 Å². The number of thiazole rings is 1. The first kappa shape index (κ1) is 17.0. The molecule has 1 aromatic carbocycles. The van der Waals surface area contributed by atoms with Gasteiger partial charge in [0.1, 0.15) is 11.5 Å². The zero-order chi connectivity index (χ0) is 18.8. The number of carbonyl (C=O) groups is 1. The van der Waals surface area contributed by atoms with Gasteiger partial charge in [0.25, 0.3) is 0 Å². The van der Waals surface area contributed by atoms with Crippen LogP contribution in [0, 0.1) is 5.82 Å². The fraction of sp³-hybridized carbons (Fsp3) is 0.0556. The maximum absolute atomic E-state index is 14.1. The fourth-order valence-corrected chi connectivity index (χ4v) is 3.18. The van der Waals surface area contributed by atoms with E-state index in [1.165, 1.54) is 35.7 Å². The van der Waals surface area contributed by atoms with Gasteiger partial charge in [-0.15, -0.1) is 16.4 Å². The zero-order valence-corrected chi connectivity index (χ0v) is 14.7. The van der Waals surface area contributed by atoms with Gasteiger partial charge >= 0.3 is 0 Å². The normalized spacial score (nSPS) is 10.9. The minimum atomic E-state index is -0.565. The van der Waals surface area contributed by atoms with Crippen molar-refractivity contribution in [1.29, 1.82) is 0 Å². The number of aromatic nitrogens is 5. The first-order chi connectivity index (χ1) is 13.1. The van der Waals surface area contributed by atoms with E-state index < -0.39 is 5.91 Å². The lowest BCUT2D eigenvalue weighted by atomic mass is 10.2. The fourth-order valence-electron chi connectivity index (χ4n) is 2.55. The number of amides is 1. The number of nitrogens with zero attached hydrogens (tertiary/aromatic N) is 5. The summed E-state index contributed by atoms with van der Waals surface area (Å²) >= 11 is 1.40. The molecule has 0 fully saturated rings. The average Bonchev–Trinajstić information content (AvgIpc) is 3.33. The van der Waals surface area contributed by atoms with Gasteiger partial charge in [0, 0.05) is 28.9 Å². The van der Waals surface area contributed by atoms with Gasteiger partial charge in [-0.2, -0.15) is 0 Å². The molecule has 0 aliphatic rings. The van der Waals surface area contributed by atoms with Gasteiger partial charge in [0.2, 0.25) is 5.91 Å². The second-order valence-electron chi connectivity index (χ2n) is 5.64. The summed E-state index contributed by atoms with van der Waals surface area (Å²) in [4.78, 5) is 24.4. The molecule has 27 heavy (non-hydrogen) atoms. The van der Waals surface area contributed by atoms with E-state index >= 15 is 0 Å². The number of nitrogens with two attached hydrogens (primary N) is 1. The number of halogens is 1. The largest absolute Gasteiger partial charge is 0.366 e. The third-order valence-corrected chi connectivity index (χ3v) is 4.62. The van der Waals surface area contributed by atoms with Crippen LogP contribution in [0.4, 0.5) is 4.39 Å². The molecule has 134 valence electrons. The molecular weight excluding hydrogens is 367 g/mol. The van der Waals surface area contributed by atoms with Crippen molar-refractivity contribution in [2.75, 3.05) is 0 Å². The number of carbonyl (C=O) groups excluding carboxylic acids is 1. The lowest BCUT2D eigenvalue weighted by molar-refractivity contribution is 0.1000. The molecule has 0 saturated carbocycles. The van der Waals surface area contributed by atoms with Crippen molar-refractivity contribution < 1.29 is 9.18 Å². The van der Waals surface area contributed by atoms with Gasteiger partial charge in [-0.05, 0) is 18.2 Å². The molecule has 0 radical (unpaired) electrons. The van der Waals surface area contributed by atoms with E-state index in [2.05, 4.69) is 20.1 Å². The third-order valence-electron chi connectivity index (χ3n) is 3.85. The molecule has 0 spiro atoms. The quantitative estimate of drug-likeness (QED) is 0.574. The summed E-state index contributed by atoms with van der Waals surface area (Å²) in [6.45, 7) is 0.185. The molecule has 3 aromatic heterocycles. The molecule has 9 heteroatoms. The molecule has 0 atom stereocenters. The monoisotopic (exact) mass is 380 g/mol. The van der Waals surface area contributed by atoms with E-state index in [4.69, 9.17) is 5.73 Å². The molecule has 4 rings (SSSR count). The highest BCUT2D eigenvalue weighted by molar-refractivity contribution is 7.13. The minimum Gasteiger partial charge on any atom is -0.366 e. The topological polar surface area (TPSA) is 99.6 Å². The van der Waals surface area contributed by atoms with Crippen LogP contribution in [0.2, 0.25) is 0 Å². The van der Waals surface area contributed by atoms with Crippen molar-refractivity contribution in [3.63, 3.8) is 0 Å². The Bertz CT molecular complexity index is 1110. The highest BCUT2D eigenvalue weighted by atomic mass is 32.1. The molecule has 7 nitrogen and oxygen atoms in total. The van der Waals surface area contributed by atoms with Crippen molar-refractivity contribution in [3.05, 3.63) is 71.1 Å². The Labute approximate surface area is 157 Å². The second kappa shape index (κ2) is 7.04. The van der Waals surface area contributed by atoms with Crippen LogP contribution in [0.5, 0.6) is 0 Å². The van der Waals surface area contributed by atoms with E-state index in [0.717, 1.165) is 0 Å². The van der Waals surface area contributed by atoms with Gasteiger partial charge < -0.3 is 5.73 Å². The molecule has 1 amide bonds. The highest BCUT2D eigenvalue weighted by Gasteiger charge is 2.18. The SMILES string of the molecule is NC(=O)c1ccnc(-c2nc(-c3nccs3)n(Cc3ccccc3F)n2)c1. The average molecular weight is 380 g/mol. The lowest BCUT2D eigenvalue weighted by Crippen LogP contribution is -2.11. The third kappa shape index (κ3) is 3.44. The first-order valence-electron chi connectivity index (χ1n) is 7.96. The smallest absolute Gasteiger partial charge is 0.248 e. The highest BCUT2D eigenvalue weighted by Crippen LogP contribution is 2.24. The van der Waals surface area contributed by atoms with Gasteiger partial charge in [0.15, 0.2) is 16.7 Å². The number of hydrogen-bond acceptors (Lipinski definition) is 6. The molecule has 4 aromatic rings. The Morgan fingerprint density at radius 3 is 2.78 bits per heavy atom. The summed E-state index contributed by atoms with van der Waals surface area (Å²) < 4.78 is 15.7. The Kier molecular flexibility index (Phi) is 4.43. The summed E-state index contributed by atoms with van der Waals surface area (Å²) in [6, 6.07) is 9.52. The molecule has 0 aliphatic heterocycles. The first-order valence-corrected chi connectivity index (χ1v) is 8.84. The van der Waals surface area contributed by atoms with E-state index in [-0.39, 0.29) is 12.4 Å². The standard InChI is InChI=1S/C18H13FN6OS/c19-13-4-2-1-3-12(13)10-25-17(18-22-7-8-27-18)23-16(24-25)14-9-11(15(20)26)5-6-21-14/h1-9H,10H2,(H2,20,26). The van der Waals surface area contributed by atoms with Gasteiger partial charge in [0.05, 0.1) is 6.54 Å². The predicted molar refractivity (Wildman–Crippen MR) is 98.4 cm³/mol. The van der Waals surface area contributed by atoms with Gasteiger partial charge in [-0.25, -0.2) is 19.0 Å². The van der Waals surface area contributed by atoms with Crippen LogP contribution in [0.3, 0.4) is 0 Å². The van der Waals surface area contributed by atoms with E-state index in [1.807, 2.05) is 5.38 Å². The Morgan fingerprint density at radius 2 is 2.04 bits per heavy atom. The van der Waals surface area contributed by atoms with Crippen LogP contribution in [-0.4, -0.2) is 30.6 Å². The van der Waals surface area contributed by atoms with Gasteiger partial charge in [-0.1, -0.05) is 18.2 Å². The van der Waals surface area contributed by atoms with Crippen LogP contribution in [0.1, 0.15) is 15.9 Å². The van der Waals surface area contributed by atoms with E-state index in [9.17, 15) is 9.18 Å². The molecule has 3 heterocycles. The maximum Gasteiger partial charge on any atom is 0.248 e. The van der Waals surface area contributed by atoms with E-state index in [1.54, 1.807) is 29.1 Å². The molecule has 2 N–H and O–H groups in total. The van der Waals surface area contributed by atoms with Crippen LogP contribution < -0.4 is 5.73 Å². The summed E-state index contributed by atoms with van der Waals surface area (Å²) in [5, 5.41) is 6.94. The van der Waals surface area contributed by atoms with Gasteiger partial charge in [-0.3, -0.25) is 9.78 Å². The number of pyridine rings is 1. The van der Waals surface area contributed by atoms with Crippen molar-refractivity contribution >= 4 is 17.2 Å². The predicted octanol–water partition coefficient (Wildman–Crippen LogP) is 2.75. The Balaban J connectivity index is 1.80. The van der Waals surface area contributed by atoms with Crippen molar-refractivity contribution in [3.8, 4) is 22.4 Å². The van der Waals surface area contributed by atoms with Crippen molar-refractivity contribution in [1.82, 2.24) is 24.7 Å². The number of benzene rings is 1. The molecule has 0 bridgehead atoms. The Morgan fingerprint density at radius 1 is 1.19 bits per heavy atom. The van der Waals surface area contributed by atoms with Crippen molar-refractivity contribution in [2.45, 2.75) is 6.54 Å². The summed E-state index contributed by atoms with van der Waals surface area (Å²) in [7, 11) is 0. The maximum atomic E-state index is 14.1. The van der Waals surface area contributed by atoms with E-state index in [0.29, 0.717) is 33.5 Å². The summed E-state index contributed by atoms with van der Waals surface area (Å²) in [6.07, 6.45) is 3.13. The zero-order valence-electron chi connectivity index (χ0n) is 13.9. The lowest BCUT2D eigenvalue weighted by Gasteiger charge is -2.05. The summed E-state index contributed by atoms with van der Waals surface area (Å²) in [5.74, 6) is -0.0905. The molecule has 0 saturated heterocycles. The molecular formula is C18H13FN6OS. The van der Waals surface area contributed by atoms with Crippen LogP contribution in [0.15, 0.2) is 54.2 Å².